The van der Waals surface area contributed by atoms with E-state index in [-0.39, 0.29) is 22.8 Å². The van der Waals surface area contributed by atoms with Crippen LogP contribution in [-0.2, 0) is 21.9 Å². The molecule has 2 aliphatic carbocycles. The van der Waals surface area contributed by atoms with E-state index in [1.165, 1.54) is 25.0 Å². The molecule has 9 heteroatoms. The Hall–Kier alpha value is -2.99. The molecule has 3 aliphatic rings. The van der Waals surface area contributed by atoms with Crippen molar-refractivity contribution in [3.8, 4) is 17.6 Å². The van der Waals surface area contributed by atoms with Crippen molar-refractivity contribution in [3.63, 3.8) is 0 Å². The van der Waals surface area contributed by atoms with Gasteiger partial charge in [0.2, 0.25) is 10.0 Å². The van der Waals surface area contributed by atoms with Crippen LogP contribution in [0.3, 0.4) is 0 Å². The lowest BCUT2D eigenvalue weighted by molar-refractivity contribution is -0.00316. The second-order valence-corrected chi connectivity index (χ2v) is 15.4. The van der Waals surface area contributed by atoms with Gasteiger partial charge < -0.3 is 14.7 Å². The number of anilines is 1. The number of carbonyl (C=O) groups is 1. The molecule has 0 saturated heterocycles. The normalized spacial score (nSPS) is 24.3. The first-order chi connectivity index (χ1) is 20.9. The van der Waals surface area contributed by atoms with Crippen LogP contribution < -0.4 is 14.4 Å². The number of amides is 1. The van der Waals surface area contributed by atoms with Gasteiger partial charge >= 0.3 is 0 Å². The maximum Gasteiger partial charge on any atom is 0.264 e. The standard InChI is InChI=1S/C35H43ClN2O5S/c1-5-7-18-35(40,16-6-2)30-13-10-27(30)21-38-22-34(17-8-9-25-19-28(36)12-14-29(25)34)23-43-32-15-11-26(20-31(32)38)33(39)37-44(41,42)24(3)4/h7,11-12,14-15,18-20,24,27,30,40H,5,8-10,13,17,21-23H2,1-4H3,(H,37,39)/b18-7+/t27-,30+,34-,35-/m0/s1. The number of allylic oxidation sites excluding steroid dienone is 1. The molecule has 1 amide bonds. The number of sulfonamides is 1. The van der Waals surface area contributed by atoms with Crippen LogP contribution in [0.1, 0.15) is 81.3 Å². The zero-order chi connectivity index (χ0) is 31.7. The number of benzene rings is 2. The number of hydrogen-bond donors (Lipinski definition) is 2. The molecular weight excluding hydrogens is 596 g/mol. The van der Waals surface area contributed by atoms with Crippen molar-refractivity contribution in [1.29, 1.82) is 0 Å². The first-order valence-corrected chi connectivity index (χ1v) is 17.5. The van der Waals surface area contributed by atoms with E-state index in [9.17, 15) is 18.3 Å². The summed E-state index contributed by atoms with van der Waals surface area (Å²) in [6.45, 7) is 8.61. The number of rotatable bonds is 8. The molecule has 1 fully saturated rings. The summed E-state index contributed by atoms with van der Waals surface area (Å²) in [4.78, 5) is 15.5. The van der Waals surface area contributed by atoms with E-state index in [0.717, 1.165) is 49.2 Å². The Labute approximate surface area is 267 Å². The molecule has 7 nitrogen and oxygen atoms in total. The van der Waals surface area contributed by atoms with Crippen LogP contribution in [0.5, 0.6) is 5.75 Å². The van der Waals surface area contributed by atoms with Crippen LogP contribution in [-0.4, -0.2) is 50.0 Å². The lowest BCUT2D eigenvalue weighted by Crippen LogP contribution is -2.52. The van der Waals surface area contributed by atoms with Crippen LogP contribution >= 0.6 is 11.6 Å². The average Bonchev–Trinajstić information content (AvgIpc) is 3.11. The van der Waals surface area contributed by atoms with Gasteiger partial charge in [-0.05, 0) is 113 Å². The number of hydrogen-bond acceptors (Lipinski definition) is 6. The van der Waals surface area contributed by atoms with Crippen molar-refractivity contribution in [2.45, 2.75) is 82.5 Å². The molecule has 2 aromatic carbocycles. The van der Waals surface area contributed by atoms with E-state index in [4.69, 9.17) is 16.3 Å². The molecule has 4 atom stereocenters. The second-order valence-electron chi connectivity index (χ2n) is 12.8. The fourth-order valence-corrected chi connectivity index (χ4v) is 7.77. The molecule has 1 spiro atoms. The predicted molar refractivity (Wildman–Crippen MR) is 176 cm³/mol. The molecule has 5 rings (SSSR count). The number of nitrogens with one attached hydrogen (secondary N) is 1. The van der Waals surface area contributed by atoms with E-state index in [1.54, 1.807) is 25.1 Å². The van der Waals surface area contributed by atoms with Gasteiger partial charge in [0.05, 0.1) is 17.5 Å². The molecule has 2 aromatic rings. The zero-order valence-electron chi connectivity index (χ0n) is 26.0. The van der Waals surface area contributed by atoms with Gasteiger partial charge in [-0.1, -0.05) is 36.6 Å². The summed E-state index contributed by atoms with van der Waals surface area (Å²) >= 11 is 6.40. The Bertz CT molecular complexity index is 1610. The fraction of sp³-hybridized carbons (Fsp3) is 0.514. The van der Waals surface area contributed by atoms with Crippen molar-refractivity contribution < 1.29 is 23.1 Å². The van der Waals surface area contributed by atoms with Gasteiger partial charge in [-0.3, -0.25) is 4.79 Å². The summed E-state index contributed by atoms with van der Waals surface area (Å²) in [7, 11) is -3.80. The van der Waals surface area contributed by atoms with Crippen molar-refractivity contribution in [2.75, 3.05) is 24.6 Å². The first-order valence-electron chi connectivity index (χ1n) is 15.6. The molecule has 2 N–H and O–H groups in total. The third-order valence-electron chi connectivity index (χ3n) is 9.53. The molecule has 0 radical (unpaired) electrons. The molecule has 0 unspecified atom stereocenters. The molecule has 0 bridgehead atoms. The number of ether oxygens (including phenoxy) is 1. The van der Waals surface area contributed by atoms with Gasteiger partial charge in [-0.2, -0.15) is 0 Å². The Morgan fingerprint density at radius 2 is 2.07 bits per heavy atom. The maximum atomic E-state index is 13.2. The topological polar surface area (TPSA) is 95.9 Å². The highest BCUT2D eigenvalue weighted by Crippen LogP contribution is 2.48. The second kappa shape index (κ2) is 12.8. The number of nitrogens with zero attached hydrogens (tertiary/aromatic N) is 1. The molecule has 1 aliphatic heterocycles. The number of carbonyl (C=O) groups excluding carboxylic acids is 1. The van der Waals surface area contributed by atoms with E-state index in [1.807, 2.05) is 25.1 Å². The van der Waals surface area contributed by atoms with Crippen LogP contribution in [0.25, 0.3) is 0 Å². The van der Waals surface area contributed by atoms with E-state index < -0.39 is 26.8 Å². The fourth-order valence-electron chi connectivity index (χ4n) is 6.97. The number of fused-ring (bicyclic) bond motifs is 3. The first kappa shape index (κ1) is 32.4. The lowest BCUT2D eigenvalue weighted by Gasteiger charge is -2.47. The monoisotopic (exact) mass is 638 g/mol. The van der Waals surface area contributed by atoms with Crippen LogP contribution in [0, 0.1) is 23.7 Å². The summed E-state index contributed by atoms with van der Waals surface area (Å²) < 4.78 is 33.8. The van der Waals surface area contributed by atoms with Crippen molar-refractivity contribution in [2.24, 2.45) is 11.8 Å². The van der Waals surface area contributed by atoms with Gasteiger partial charge in [0.25, 0.3) is 5.91 Å². The third kappa shape index (κ3) is 6.38. The lowest BCUT2D eigenvalue weighted by atomic mass is 9.64. The minimum absolute atomic E-state index is 0.0403. The molecule has 1 heterocycles. The Balaban J connectivity index is 1.54. The maximum absolute atomic E-state index is 13.2. The van der Waals surface area contributed by atoms with E-state index >= 15 is 0 Å². The number of aliphatic hydroxyl groups is 1. The summed E-state index contributed by atoms with van der Waals surface area (Å²) in [6, 6.07) is 11.3. The highest BCUT2D eigenvalue weighted by molar-refractivity contribution is 7.90. The molecule has 236 valence electrons. The van der Waals surface area contributed by atoms with Gasteiger partial charge in [-0.15, -0.1) is 5.92 Å². The number of halogens is 1. The molecular formula is C35H43ClN2O5S. The number of aryl methyl sites for hydroxylation is 1. The van der Waals surface area contributed by atoms with Gasteiger partial charge in [0.1, 0.15) is 11.4 Å². The minimum atomic E-state index is -3.80. The summed E-state index contributed by atoms with van der Waals surface area (Å²) in [6.07, 6.45) is 9.33. The minimum Gasteiger partial charge on any atom is -0.490 e. The van der Waals surface area contributed by atoms with Gasteiger partial charge in [0, 0.05) is 35.0 Å². The predicted octanol–water partition coefficient (Wildman–Crippen LogP) is 6.03. The molecule has 1 saturated carbocycles. The highest BCUT2D eigenvalue weighted by atomic mass is 35.5. The molecule has 44 heavy (non-hydrogen) atoms. The van der Waals surface area contributed by atoms with Gasteiger partial charge in [0.15, 0.2) is 0 Å². The Morgan fingerprint density at radius 1 is 1.27 bits per heavy atom. The summed E-state index contributed by atoms with van der Waals surface area (Å²) in [5, 5.41) is 11.6. The van der Waals surface area contributed by atoms with Crippen molar-refractivity contribution >= 4 is 33.2 Å². The SMILES string of the molecule is CC#C[C@](O)(/C=C/CC)[C@@H]1CC[C@H]1CN1C[C@@]2(CCCc3cc(Cl)ccc32)COc2ccc(C(=O)NS(=O)(=O)C(C)C)cc21. The van der Waals surface area contributed by atoms with Crippen molar-refractivity contribution in [1.82, 2.24) is 4.72 Å². The smallest absolute Gasteiger partial charge is 0.264 e. The summed E-state index contributed by atoms with van der Waals surface area (Å²) in [5.41, 5.74) is 1.95. The van der Waals surface area contributed by atoms with E-state index in [2.05, 4.69) is 33.6 Å². The van der Waals surface area contributed by atoms with Crippen LogP contribution in [0.2, 0.25) is 5.02 Å². The van der Waals surface area contributed by atoms with Crippen LogP contribution in [0.15, 0.2) is 48.6 Å². The molecule has 0 aromatic heterocycles. The largest absolute Gasteiger partial charge is 0.490 e. The third-order valence-corrected chi connectivity index (χ3v) is 11.5. The Morgan fingerprint density at radius 3 is 2.75 bits per heavy atom. The van der Waals surface area contributed by atoms with Crippen LogP contribution in [0.4, 0.5) is 5.69 Å². The zero-order valence-corrected chi connectivity index (χ0v) is 27.6. The average molecular weight is 639 g/mol. The van der Waals surface area contributed by atoms with E-state index in [0.29, 0.717) is 25.4 Å². The Kier molecular flexibility index (Phi) is 9.42. The van der Waals surface area contributed by atoms with Crippen molar-refractivity contribution in [3.05, 3.63) is 70.3 Å². The quantitative estimate of drug-likeness (QED) is 0.271. The summed E-state index contributed by atoms with van der Waals surface area (Å²) in [5.74, 6) is 6.10. The highest BCUT2D eigenvalue weighted by Gasteiger charge is 2.47. The van der Waals surface area contributed by atoms with Gasteiger partial charge in [-0.25, -0.2) is 13.1 Å².